The Kier molecular flexibility index (Phi) is 4.40. The van der Waals surface area contributed by atoms with E-state index < -0.39 is 27.9 Å². The van der Waals surface area contributed by atoms with E-state index in [9.17, 15) is 17.6 Å². The van der Waals surface area contributed by atoms with Gasteiger partial charge in [-0.25, -0.2) is 22.3 Å². The molecule has 0 radical (unpaired) electrons. The van der Waals surface area contributed by atoms with Crippen molar-refractivity contribution in [2.45, 2.75) is 17.2 Å². The van der Waals surface area contributed by atoms with Crippen LogP contribution in [-0.2, 0) is 10.0 Å². The van der Waals surface area contributed by atoms with Crippen LogP contribution in [-0.4, -0.2) is 19.5 Å². The van der Waals surface area contributed by atoms with Gasteiger partial charge < -0.3 is 5.11 Å². The average molecular weight is 329 g/mol. The second-order valence-corrected chi connectivity index (χ2v) is 7.31. The lowest BCUT2D eigenvalue weighted by Crippen LogP contribution is -2.26. The molecular weight excluding hydrogens is 317 g/mol. The Morgan fingerprint density at radius 2 is 1.95 bits per heavy atom. The van der Waals surface area contributed by atoms with Gasteiger partial charge in [0.15, 0.2) is 0 Å². The molecule has 0 amide bonds. The minimum atomic E-state index is -3.90. The molecule has 2 aromatic rings. The molecule has 1 aromatic heterocycles. The molecule has 0 aliphatic rings. The third-order valence-electron chi connectivity index (χ3n) is 2.76. The van der Waals surface area contributed by atoms with Crippen LogP contribution in [0.4, 0.5) is 4.39 Å². The van der Waals surface area contributed by atoms with Crippen molar-refractivity contribution in [2.75, 3.05) is 0 Å². The summed E-state index contributed by atoms with van der Waals surface area (Å²) >= 11 is 0.646. The number of hydrogen-bond acceptors (Lipinski definition) is 4. The minimum absolute atomic E-state index is 0.0751. The third-order valence-corrected chi connectivity index (χ3v) is 5.87. The van der Waals surface area contributed by atoms with Crippen LogP contribution in [0, 0.1) is 5.82 Å². The lowest BCUT2D eigenvalue weighted by Gasteiger charge is -2.14. The van der Waals surface area contributed by atoms with Crippen molar-refractivity contribution in [3.63, 3.8) is 0 Å². The molecule has 0 aliphatic heterocycles. The van der Waals surface area contributed by atoms with E-state index in [1.165, 1.54) is 37.3 Å². The van der Waals surface area contributed by atoms with Crippen LogP contribution in [0.3, 0.4) is 0 Å². The maximum atomic E-state index is 13.6. The topological polar surface area (TPSA) is 83.5 Å². The number of hydrogen-bond donors (Lipinski definition) is 2. The zero-order chi connectivity index (χ0) is 15.6. The number of aromatic carboxylic acids is 1. The maximum Gasteiger partial charge on any atom is 0.345 e. The molecule has 2 rings (SSSR count). The van der Waals surface area contributed by atoms with Gasteiger partial charge in [-0.1, -0.05) is 18.2 Å². The summed E-state index contributed by atoms with van der Waals surface area (Å²) in [5.41, 5.74) is 0.219. The summed E-state index contributed by atoms with van der Waals surface area (Å²) in [6.07, 6.45) is 0. The summed E-state index contributed by atoms with van der Waals surface area (Å²) < 4.78 is 40.1. The van der Waals surface area contributed by atoms with Gasteiger partial charge in [0.1, 0.15) is 14.9 Å². The average Bonchev–Trinajstić information content (AvgIpc) is 2.89. The monoisotopic (exact) mass is 329 g/mol. The summed E-state index contributed by atoms with van der Waals surface area (Å²) in [4.78, 5) is 10.7. The van der Waals surface area contributed by atoms with Crippen molar-refractivity contribution in [1.29, 1.82) is 0 Å². The summed E-state index contributed by atoms with van der Waals surface area (Å²) in [5.74, 6) is -1.70. The van der Waals surface area contributed by atoms with Gasteiger partial charge in [0.05, 0.1) is 0 Å². The van der Waals surface area contributed by atoms with Crippen LogP contribution in [0.1, 0.15) is 28.2 Å². The smallest absolute Gasteiger partial charge is 0.345 e. The van der Waals surface area contributed by atoms with Gasteiger partial charge in [0.25, 0.3) is 10.0 Å². The van der Waals surface area contributed by atoms with Crippen LogP contribution in [0.15, 0.2) is 40.6 Å². The van der Waals surface area contributed by atoms with Crippen LogP contribution < -0.4 is 4.72 Å². The lowest BCUT2D eigenvalue weighted by molar-refractivity contribution is 0.0702. The van der Waals surface area contributed by atoms with Gasteiger partial charge in [-0.2, -0.15) is 0 Å². The van der Waals surface area contributed by atoms with Crippen LogP contribution in [0.25, 0.3) is 0 Å². The zero-order valence-corrected chi connectivity index (χ0v) is 12.5. The van der Waals surface area contributed by atoms with Crippen LogP contribution in [0.5, 0.6) is 0 Å². The van der Waals surface area contributed by atoms with E-state index in [0.29, 0.717) is 11.3 Å². The quantitative estimate of drug-likeness (QED) is 0.883. The highest BCUT2D eigenvalue weighted by molar-refractivity contribution is 7.91. The number of carbonyl (C=O) groups is 1. The van der Waals surface area contributed by atoms with Gasteiger partial charge in [-0.05, 0) is 25.1 Å². The molecule has 0 spiro atoms. The number of sulfonamides is 1. The van der Waals surface area contributed by atoms with Crippen molar-refractivity contribution < 1.29 is 22.7 Å². The van der Waals surface area contributed by atoms with Crippen molar-refractivity contribution in [2.24, 2.45) is 0 Å². The molecule has 21 heavy (non-hydrogen) atoms. The van der Waals surface area contributed by atoms with Crippen molar-refractivity contribution in [3.8, 4) is 0 Å². The van der Waals surface area contributed by atoms with E-state index >= 15 is 0 Å². The first-order chi connectivity index (χ1) is 9.81. The molecule has 0 saturated carbocycles. The Hall–Kier alpha value is -1.77. The largest absolute Gasteiger partial charge is 0.477 e. The van der Waals surface area contributed by atoms with E-state index in [0.717, 1.165) is 0 Å². The molecule has 0 aliphatic carbocycles. The summed E-state index contributed by atoms with van der Waals surface area (Å²) in [7, 11) is -3.90. The highest BCUT2D eigenvalue weighted by atomic mass is 32.2. The number of carboxylic acid groups (broad SMARTS) is 1. The molecular formula is C13H12FNO4S2. The van der Waals surface area contributed by atoms with E-state index in [-0.39, 0.29) is 14.6 Å². The highest BCUT2D eigenvalue weighted by Crippen LogP contribution is 2.24. The standard InChI is InChI=1S/C13H12FNO4S2/c1-8(9-4-2-3-5-10(9)14)15-21(18,19)12-7-6-11(20-12)13(16)17/h2-8,15H,1H3,(H,16,17). The van der Waals surface area contributed by atoms with Crippen LogP contribution in [0.2, 0.25) is 0 Å². The molecule has 1 atom stereocenters. The van der Waals surface area contributed by atoms with Gasteiger partial charge in [-0.3, -0.25) is 0 Å². The Bertz CT molecular complexity index is 770. The highest BCUT2D eigenvalue weighted by Gasteiger charge is 2.22. The molecule has 8 heteroatoms. The lowest BCUT2D eigenvalue weighted by atomic mass is 10.1. The number of benzene rings is 1. The number of halogens is 1. The van der Waals surface area contributed by atoms with Gasteiger partial charge in [-0.15, -0.1) is 11.3 Å². The fourth-order valence-corrected chi connectivity index (χ4v) is 4.14. The number of rotatable bonds is 5. The predicted octanol–water partition coefficient (Wildman–Crippen LogP) is 2.62. The minimum Gasteiger partial charge on any atom is -0.477 e. The Labute approximate surface area is 125 Å². The Morgan fingerprint density at radius 3 is 2.52 bits per heavy atom. The second kappa shape index (κ2) is 5.92. The molecule has 0 bridgehead atoms. The molecule has 1 unspecified atom stereocenters. The maximum absolute atomic E-state index is 13.6. The first-order valence-corrected chi connectivity index (χ1v) is 8.21. The normalized spacial score (nSPS) is 13.0. The molecule has 112 valence electrons. The number of carboxylic acids is 1. The van der Waals surface area contributed by atoms with Crippen molar-refractivity contribution >= 4 is 27.3 Å². The molecule has 0 fully saturated rings. The first-order valence-electron chi connectivity index (χ1n) is 5.91. The zero-order valence-electron chi connectivity index (χ0n) is 10.9. The Morgan fingerprint density at radius 1 is 1.29 bits per heavy atom. The van der Waals surface area contributed by atoms with E-state index in [1.807, 2.05) is 0 Å². The van der Waals surface area contributed by atoms with Crippen LogP contribution >= 0.6 is 11.3 Å². The molecule has 1 aromatic carbocycles. The van der Waals surface area contributed by atoms with Gasteiger partial charge in [0.2, 0.25) is 0 Å². The summed E-state index contributed by atoms with van der Waals surface area (Å²) in [6, 6.07) is 7.51. The summed E-state index contributed by atoms with van der Waals surface area (Å²) in [6.45, 7) is 1.52. The number of thiophene rings is 1. The van der Waals surface area contributed by atoms with Gasteiger partial charge >= 0.3 is 5.97 Å². The van der Waals surface area contributed by atoms with E-state index in [1.54, 1.807) is 6.07 Å². The van der Waals surface area contributed by atoms with E-state index in [2.05, 4.69) is 4.72 Å². The summed E-state index contributed by atoms with van der Waals surface area (Å²) in [5, 5.41) is 8.81. The fraction of sp³-hybridized carbons (Fsp3) is 0.154. The van der Waals surface area contributed by atoms with E-state index in [4.69, 9.17) is 5.11 Å². The molecule has 0 saturated heterocycles. The molecule has 2 N–H and O–H groups in total. The Balaban J connectivity index is 2.24. The molecule has 5 nitrogen and oxygen atoms in total. The predicted molar refractivity (Wildman–Crippen MR) is 76.4 cm³/mol. The third kappa shape index (κ3) is 3.46. The van der Waals surface area contributed by atoms with Crippen molar-refractivity contribution in [1.82, 2.24) is 4.72 Å². The fourth-order valence-electron chi connectivity index (χ4n) is 1.76. The molecule has 1 heterocycles. The second-order valence-electron chi connectivity index (χ2n) is 4.29. The SMILES string of the molecule is CC(NS(=O)(=O)c1ccc(C(=O)O)s1)c1ccccc1F. The van der Waals surface area contributed by atoms with Crippen molar-refractivity contribution in [3.05, 3.63) is 52.7 Å². The first kappa shape index (κ1) is 15.6. The number of nitrogens with one attached hydrogen (secondary N) is 1. The van der Waals surface area contributed by atoms with Gasteiger partial charge in [0, 0.05) is 11.6 Å².